The van der Waals surface area contributed by atoms with E-state index in [1.165, 1.54) is 0 Å². The maximum Gasteiger partial charge on any atom is 0.423 e. The number of nitro groups is 4. The van der Waals surface area contributed by atoms with E-state index in [0.29, 0.717) is 18.2 Å². The SMILES string of the molecule is O=C(Oc1ccc([N+](=O)[O-])cc1[N+](=O)[O-])C(=O)Oc1cc(C(=O)Cl)c([N+](=O)[O-])cc1[N+](=O)[O-]. The van der Waals surface area contributed by atoms with Crippen LogP contribution in [0, 0.1) is 40.5 Å². The lowest BCUT2D eigenvalue weighted by molar-refractivity contribution is -0.395. The van der Waals surface area contributed by atoms with Crippen LogP contribution in [0.5, 0.6) is 11.5 Å². The molecule has 2 aromatic carbocycles. The van der Waals surface area contributed by atoms with Gasteiger partial charge in [-0.15, -0.1) is 0 Å². The van der Waals surface area contributed by atoms with Crippen molar-refractivity contribution in [1.29, 1.82) is 0 Å². The fourth-order valence-corrected chi connectivity index (χ4v) is 2.37. The van der Waals surface area contributed by atoms with E-state index in [4.69, 9.17) is 11.6 Å². The number of esters is 2. The maximum atomic E-state index is 12.0. The van der Waals surface area contributed by atoms with E-state index in [9.17, 15) is 54.8 Å². The van der Waals surface area contributed by atoms with E-state index in [1.54, 1.807) is 0 Å². The molecule has 170 valence electrons. The number of hydrogen-bond donors (Lipinski definition) is 0. The van der Waals surface area contributed by atoms with E-state index in [-0.39, 0.29) is 6.07 Å². The Morgan fingerprint density at radius 2 is 1.15 bits per heavy atom. The molecule has 33 heavy (non-hydrogen) atoms. The van der Waals surface area contributed by atoms with Gasteiger partial charge in [-0.05, 0) is 17.7 Å². The normalized spacial score (nSPS) is 10.1. The molecule has 0 N–H and O–H groups in total. The highest BCUT2D eigenvalue weighted by Gasteiger charge is 2.32. The highest BCUT2D eigenvalue weighted by atomic mass is 35.5. The molecule has 0 fully saturated rings. The smallest absolute Gasteiger partial charge is 0.411 e. The van der Waals surface area contributed by atoms with Crippen molar-refractivity contribution >= 4 is 51.5 Å². The average molecular weight is 485 g/mol. The molecule has 0 aliphatic heterocycles. The van der Waals surface area contributed by atoms with Crippen LogP contribution < -0.4 is 9.47 Å². The predicted molar refractivity (Wildman–Crippen MR) is 101 cm³/mol. The number of carbonyl (C=O) groups is 3. The molecule has 2 aromatic rings. The number of benzene rings is 2. The zero-order valence-corrected chi connectivity index (χ0v) is 16.1. The summed E-state index contributed by atoms with van der Waals surface area (Å²) in [6, 6.07) is 2.42. The maximum absolute atomic E-state index is 12.0. The van der Waals surface area contributed by atoms with Gasteiger partial charge in [-0.1, -0.05) is 0 Å². The van der Waals surface area contributed by atoms with Gasteiger partial charge in [-0.3, -0.25) is 45.3 Å². The standard InChI is InChI=1S/C15H5ClN4O13/c16-13(21)7-4-12(10(20(30)31)5-8(7)18(26)27)33-15(23)14(22)32-11-2-1-6(17(24)25)3-9(11)19(28)29/h1-5H. The summed E-state index contributed by atoms with van der Waals surface area (Å²) >= 11 is 5.19. The summed E-state index contributed by atoms with van der Waals surface area (Å²) in [5, 5.41) is 42.5. The van der Waals surface area contributed by atoms with Crippen LogP contribution in [-0.4, -0.2) is 36.9 Å². The summed E-state index contributed by atoms with van der Waals surface area (Å²) in [7, 11) is 0. The van der Waals surface area contributed by atoms with Gasteiger partial charge in [0.25, 0.3) is 16.6 Å². The largest absolute Gasteiger partial charge is 0.423 e. The van der Waals surface area contributed by atoms with Gasteiger partial charge in [0.15, 0.2) is 0 Å². The summed E-state index contributed by atoms with van der Waals surface area (Å²) in [5.74, 6) is -5.96. The van der Waals surface area contributed by atoms with Crippen molar-refractivity contribution in [2.45, 2.75) is 0 Å². The highest BCUT2D eigenvalue weighted by Crippen LogP contribution is 2.36. The van der Waals surface area contributed by atoms with E-state index in [1.807, 2.05) is 0 Å². The van der Waals surface area contributed by atoms with Crippen LogP contribution in [0.1, 0.15) is 10.4 Å². The minimum absolute atomic E-state index is 0.255. The molecule has 0 spiro atoms. The molecule has 0 aliphatic carbocycles. The van der Waals surface area contributed by atoms with E-state index < -0.39 is 76.7 Å². The Morgan fingerprint density at radius 3 is 1.61 bits per heavy atom. The molecule has 2 rings (SSSR count). The van der Waals surface area contributed by atoms with Gasteiger partial charge in [0, 0.05) is 12.1 Å². The molecule has 0 atom stereocenters. The van der Waals surface area contributed by atoms with Crippen molar-refractivity contribution in [2.24, 2.45) is 0 Å². The molecule has 0 bridgehead atoms. The molecule has 0 aromatic heterocycles. The molecule has 0 amide bonds. The van der Waals surface area contributed by atoms with Crippen molar-refractivity contribution in [3.63, 3.8) is 0 Å². The topological polar surface area (TPSA) is 242 Å². The van der Waals surface area contributed by atoms with Gasteiger partial charge in [-0.25, -0.2) is 9.59 Å². The number of non-ortho nitro benzene ring substituents is 1. The third-order valence-corrected chi connectivity index (χ3v) is 3.81. The number of ether oxygens (including phenoxy) is 2. The van der Waals surface area contributed by atoms with Crippen LogP contribution in [0.15, 0.2) is 30.3 Å². The van der Waals surface area contributed by atoms with Gasteiger partial charge in [0.1, 0.15) is 5.56 Å². The predicted octanol–water partition coefficient (Wildman–Crippen LogP) is 2.21. The molecular weight excluding hydrogens is 480 g/mol. The van der Waals surface area contributed by atoms with Crippen molar-refractivity contribution in [2.75, 3.05) is 0 Å². The van der Waals surface area contributed by atoms with Crippen LogP contribution in [0.2, 0.25) is 0 Å². The quantitative estimate of drug-likeness (QED) is 0.137. The molecule has 0 saturated carbocycles. The Balaban J connectivity index is 2.40. The first kappa shape index (κ1) is 24.2. The fourth-order valence-electron chi connectivity index (χ4n) is 2.22. The Hall–Kier alpha value is -5.06. The van der Waals surface area contributed by atoms with E-state index in [0.717, 1.165) is 6.07 Å². The summed E-state index contributed by atoms with van der Waals surface area (Å²) in [5.41, 5.74) is -5.00. The van der Waals surface area contributed by atoms with E-state index in [2.05, 4.69) is 9.47 Å². The molecule has 0 unspecified atom stereocenters. The minimum Gasteiger partial charge on any atom is -0.411 e. The third-order valence-electron chi connectivity index (χ3n) is 3.60. The van der Waals surface area contributed by atoms with Crippen molar-refractivity contribution in [1.82, 2.24) is 0 Å². The van der Waals surface area contributed by atoms with Crippen LogP contribution in [-0.2, 0) is 9.59 Å². The van der Waals surface area contributed by atoms with Crippen LogP contribution in [0.4, 0.5) is 22.7 Å². The third kappa shape index (κ3) is 5.35. The summed E-state index contributed by atoms with van der Waals surface area (Å²) in [6.07, 6.45) is 0. The van der Waals surface area contributed by atoms with Gasteiger partial charge < -0.3 is 9.47 Å². The molecular formula is C15H5ClN4O13. The number of hydrogen-bond acceptors (Lipinski definition) is 13. The van der Waals surface area contributed by atoms with Crippen LogP contribution in [0.3, 0.4) is 0 Å². The van der Waals surface area contributed by atoms with Gasteiger partial charge in [0.2, 0.25) is 11.5 Å². The molecule has 0 radical (unpaired) electrons. The second-order valence-electron chi connectivity index (χ2n) is 5.57. The molecule has 18 heteroatoms. The second kappa shape index (κ2) is 9.39. The zero-order valence-electron chi connectivity index (χ0n) is 15.4. The second-order valence-corrected chi connectivity index (χ2v) is 5.91. The number of nitro benzene ring substituents is 4. The van der Waals surface area contributed by atoms with Crippen LogP contribution in [0.25, 0.3) is 0 Å². The Kier molecular flexibility index (Phi) is 6.89. The van der Waals surface area contributed by atoms with Crippen LogP contribution >= 0.6 is 11.6 Å². The van der Waals surface area contributed by atoms with Gasteiger partial charge in [-0.2, -0.15) is 0 Å². The number of nitrogens with zero attached hydrogens (tertiary/aromatic N) is 4. The van der Waals surface area contributed by atoms with Crippen molar-refractivity contribution in [3.05, 3.63) is 76.4 Å². The number of rotatable bonds is 7. The lowest BCUT2D eigenvalue weighted by atomic mass is 10.1. The monoisotopic (exact) mass is 484 g/mol. The minimum atomic E-state index is -1.99. The number of halogens is 1. The molecule has 0 saturated heterocycles. The first-order valence-electron chi connectivity index (χ1n) is 7.87. The fraction of sp³-hybridized carbons (Fsp3) is 0. The first-order chi connectivity index (χ1) is 15.3. The molecule has 17 nitrogen and oxygen atoms in total. The Labute approximate surface area is 183 Å². The molecule has 0 aliphatic rings. The summed E-state index contributed by atoms with van der Waals surface area (Å²) < 4.78 is 8.93. The van der Waals surface area contributed by atoms with Crippen molar-refractivity contribution in [3.8, 4) is 11.5 Å². The lowest BCUT2D eigenvalue weighted by Gasteiger charge is -2.07. The zero-order chi connectivity index (χ0) is 25.0. The Morgan fingerprint density at radius 1 is 0.667 bits per heavy atom. The summed E-state index contributed by atoms with van der Waals surface area (Å²) in [6.45, 7) is 0. The number of carbonyl (C=O) groups excluding carboxylic acids is 3. The lowest BCUT2D eigenvalue weighted by Crippen LogP contribution is -2.26. The van der Waals surface area contributed by atoms with Gasteiger partial charge >= 0.3 is 23.3 Å². The average Bonchev–Trinajstić information content (AvgIpc) is 2.72. The van der Waals surface area contributed by atoms with E-state index >= 15 is 0 Å². The molecule has 0 heterocycles. The van der Waals surface area contributed by atoms with Gasteiger partial charge in [0.05, 0.1) is 31.8 Å². The first-order valence-corrected chi connectivity index (χ1v) is 8.24. The Bertz CT molecular complexity index is 1260. The summed E-state index contributed by atoms with van der Waals surface area (Å²) in [4.78, 5) is 74.7. The van der Waals surface area contributed by atoms with Crippen molar-refractivity contribution < 1.29 is 43.6 Å². The highest BCUT2D eigenvalue weighted by molar-refractivity contribution is 6.68.